The fraction of sp³-hybridized carbons (Fsp3) is 0.833. The third-order valence-electron chi connectivity index (χ3n) is 4.11. The van der Waals surface area contributed by atoms with E-state index in [1.165, 1.54) is 0 Å². The van der Waals surface area contributed by atoms with Gasteiger partial charge in [-0.2, -0.15) is 0 Å². The van der Waals surface area contributed by atoms with Crippen molar-refractivity contribution >= 4 is 0 Å². The van der Waals surface area contributed by atoms with Crippen molar-refractivity contribution in [3.63, 3.8) is 0 Å². The first-order valence-corrected chi connectivity index (χ1v) is 6.03. The first kappa shape index (κ1) is 12.5. The average molecular weight is 241 g/mol. The number of hydrogen-bond donors (Lipinski definition) is 0. The SMILES string of the molecule is C=C[C@@]1(C)CC2(CC[C@@H]1C[N+](=O)[O-])OCCO2. The molecule has 2 fully saturated rings. The molecule has 17 heavy (non-hydrogen) atoms. The number of nitrogens with zero attached hydrogens (tertiary/aromatic N) is 1. The lowest BCUT2D eigenvalue weighted by Crippen LogP contribution is -2.46. The predicted octanol–water partition coefficient (Wildman–Crippen LogP) is 2.00. The van der Waals surface area contributed by atoms with Gasteiger partial charge < -0.3 is 9.47 Å². The zero-order chi connectivity index (χ0) is 12.5. The van der Waals surface area contributed by atoms with Gasteiger partial charge in [0.05, 0.1) is 13.2 Å². The van der Waals surface area contributed by atoms with Crippen LogP contribution in [0.5, 0.6) is 0 Å². The third kappa shape index (κ3) is 2.35. The summed E-state index contributed by atoms with van der Waals surface area (Å²) in [6.07, 6.45) is 3.99. The van der Waals surface area contributed by atoms with Crippen LogP contribution in [-0.2, 0) is 9.47 Å². The van der Waals surface area contributed by atoms with Crippen LogP contribution in [0.25, 0.3) is 0 Å². The van der Waals surface area contributed by atoms with Gasteiger partial charge in [0.2, 0.25) is 6.54 Å². The van der Waals surface area contributed by atoms with E-state index in [0.717, 1.165) is 12.8 Å². The second-order valence-corrected chi connectivity index (χ2v) is 5.25. The van der Waals surface area contributed by atoms with Crippen molar-refractivity contribution in [3.05, 3.63) is 22.8 Å². The van der Waals surface area contributed by atoms with E-state index < -0.39 is 5.79 Å². The van der Waals surface area contributed by atoms with Gasteiger partial charge in [-0.25, -0.2) is 0 Å². The van der Waals surface area contributed by atoms with Crippen LogP contribution in [0.3, 0.4) is 0 Å². The molecule has 2 atom stereocenters. The standard InChI is InChI=1S/C12H19NO4/c1-3-11(2)9-12(16-6-7-17-12)5-4-10(11)8-13(14)15/h3,10H,1,4-9H2,2H3/t10-,11+/m1/s1. The van der Waals surface area contributed by atoms with Crippen molar-refractivity contribution in [2.24, 2.45) is 11.3 Å². The Kier molecular flexibility index (Phi) is 3.23. The molecule has 1 aliphatic carbocycles. The molecular weight excluding hydrogens is 222 g/mol. The Labute approximate surface area is 101 Å². The van der Waals surface area contributed by atoms with Crippen LogP contribution < -0.4 is 0 Å². The van der Waals surface area contributed by atoms with Crippen molar-refractivity contribution < 1.29 is 14.4 Å². The van der Waals surface area contributed by atoms with Gasteiger partial charge >= 0.3 is 0 Å². The van der Waals surface area contributed by atoms with Gasteiger partial charge in [-0.05, 0) is 11.8 Å². The molecule has 5 nitrogen and oxygen atoms in total. The Balaban J connectivity index is 2.13. The van der Waals surface area contributed by atoms with E-state index >= 15 is 0 Å². The number of nitro groups is 1. The second-order valence-electron chi connectivity index (χ2n) is 5.25. The van der Waals surface area contributed by atoms with Crippen molar-refractivity contribution in [2.45, 2.75) is 32.0 Å². The maximum atomic E-state index is 10.7. The second kappa shape index (κ2) is 4.38. The molecule has 0 radical (unpaired) electrons. The smallest absolute Gasteiger partial charge is 0.207 e. The number of ether oxygens (including phenoxy) is 2. The fourth-order valence-corrected chi connectivity index (χ4v) is 3.00. The van der Waals surface area contributed by atoms with Gasteiger partial charge in [-0.15, -0.1) is 6.58 Å². The number of hydrogen-bond acceptors (Lipinski definition) is 4. The van der Waals surface area contributed by atoms with Gasteiger partial charge in [-0.3, -0.25) is 10.1 Å². The maximum absolute atomic E-state index is 10.7. The lowest BCUT2D eigenvalue weighted by molar-refractivity contribution is -0.493. The molecule has 1 aliphatic heterocycles. The molecule has 0 bridgehead atoms. The molecule has 5 heteroatoms. The van der Waals surface area contributed by atoms with Crippen LogP contribution in [0, 0.1) is 21.4 Å². The lowest BCUT2D eigenvalue weighted by Gasteiger charge is -2.45. The highest BCUT2D eigenvalue weighted by molar-refractivity contribution is 5.03. The topological polar surface area (TPSA) is 61.6 Å². The largest absolute Gasteiger partial charge is 0.348 e. The van der Waals surface area contributed by atoms with Gasteiger partial charge in [-0.1, -0.05) is 13.0 Å². The molecule has 0 N–H and O–H groups in total. The highest BCUT2D eigenvalue weighted by Gasteiger charge is 2.50. The zero-order valence-corrected chi connectivity index (χ0v) is 10.2. The summed E-state index contributed by atoms with van der Waals surface area (Å²) in [7, 11) is 0. The normalized spacial score (nSPS) is 35.9. The Morgan fingerprint density at radius 2 is 2.18 bits per heavy atom. The van der Waals surface area contributed by atoms with Crippen molar-refractivity contribution in [1.82, 2.24) is 0 Å². The summed E-state index contributed by atoms with van der Waals surface area (Å²) in [6, 6.07) is 0. The van der Waals surface area contributed by atoms with Crippen LogP contribution in [0.2, 0.25) is 0 Å². The third-order valence-corrected chi connectivity index (χ3v) is 4.11. The minimum Gasteiger partial charge on any atom is -0.348 e. The van der Waals surface area contributed by atoms with E-state index in [2.05, 4.69) is 6.58 Å². The molecule has 2 aliphatic rings. The average Bonchev–Trinajstić information content (AvgIpc) is 2.71. The van der Waals surface area contributed by atoms with E-state index in [-0.39, 0.29) is 22.8 Å². The molecule has 0 amide bonds. The quantitative estimate of drug-likeness (QED) is 0.430. The maximum Gasteiger partial charge on any atom is 0.207 e. The van der Waals surface area contributed by atoms with E-state index in [0.29, 0.717) is 19.6 Å². The summed E-state index contributed by atoms with van der Waals surface area (Å²) < 4.78 is 11.4. The first-order chi connectivity index (χ1) is 8.00. The van der Waals surface area contributed by atoms with E-state index in [4.69, 9.17) is 9.47 Å². The minimum atomic E-state index is -0.518. The van der Waals surface area contributed by atoms with Gasteiger partial charge in [0.15, 0.2) is 5.79 Å². The van der Waals surface area contributed by atoms with Gasteiger partial charge in [0.1, 0.15) is 0 Å². The predicted molar refractivity (Wildman–Crippen MR) is 62.1 cm³/mol. The molecule has 0 aromatic rings. The fourth-order valence-electron chi connectivity index (χ4n) is 3.00. The molecule has 0 aromatic heterocycles. The summed E-state index contributed by atoms with van der Waals surface area (Å²) in [5, 5.41) is 10.7. The Hall–Kier alpha value is -0.940. The molecule has 96 valence electrons. The summed E-state index contributed by atoms with van der Waals surface area (Å²) >= 11 is 0. The Morgan fingerprint density at radius 3 is 2.71 bits per heavy atom. The zero-order valence-electron chi connectivity index (χ0n) is 10.2. The molecule has 1 saturated carbocycles. The van der Waals surface area contributed by atoms with Crippen molar-refractivity contribution in [1.29, 1.82) is 0 Å². The van der Waals surface area contributed by atoms with Gasteiger partial charge in [0, 0.05) is 23.7 Å². The van der Waals surface area contributed by atoms with Gasteiger partial charge in [0.25, 0.3) is 0 Å². The van der Waals surface area contributed by atoms with Crippen LogP contribution >= 0.6 is 0 Å². The summed E-state index contributed by atoms with van der Waals surface area (Å²) in [6.45, 7) is 7.08. The Morgan fingerprint density at radius 1 is 1.53 bits per heavy atom. The Bertz CT molecular complexity index is 324. The van der Waals surface area contributed by atoms with Crippen LogP contribution in [0.4, 0.5) is 0 Å². The van der Waals surface area contributed by atoms with Crippen molar-refractivity contribution in [2.75, 3.05) is 19.8 Å². The first-order valence-electron chi connectivity index (χ1n) is 6.03. The lowest BCUT2D eigenvalue weighted by atomic mass is 9.65. The summed E-state index contributed by atoms with van der Waals surface area (Å²) in [4.78, 5) is 10.5. The highest BCUT2D eigenvalue weighted by atomic mass is 16.7. The molecule has 0 aromatic carbocycles. The van der Waals surface area contributed by atoms with E-state index in [1.807, 2.05) is 13.0 Å². The molecule has 2 rings (SSSR count). The highest BCUT2D eigenvalue weighted by Crippen LogP contribution is 2.49. The molecule has 1 saturated heterocycles. The number of rotatable bonds is 3. The van der Waals surface area contributed by atoms with E-state index in [9.17, 15) is 10.1 Å². The van der Waals surface area contributed by atoms with Crippen LogP contribution in [0.1, 0.15) is 26.2 Å². The summed E-state index contributed by atoms with van der Waals surface area (Å²) in [5.41, 5.74) is -0.282. The van der Waals surface area contributed by atoms with E-state index in [1.54, 1.807) is 0 Å². The molecule has 0 unspecified atom stereocenters. The van der Waals surface area contributed by atoms with Crippen LogP contribution in [0.15, 0.2) is 12.7 Å². The number of allylic oxidation sites excluding steroid dienone is 1. The molecule has 1 heterocycles. The molecular formula is C12H19NO4. The monoisotopic (exact) mass is 241 g/mol. The van der Waals surface area contributed by atoms with Crippen molar-refractivity contribution in [3.8, 4) is 0 Å². The molecule has 1 spiro atoms. The van der Waals surface area contributed by atoms with Crippen LogP contribution in [-0.4, -0.2) is 30.5 Å². The summed E-state index contributed by atoms with van der Waals surface area (Å²) in [5.74, 6) is -0.496. The minimum absolute atomic E-state index is 0.00139.